The average Bonchev–Trinajstić information content (AvgIpc) is 1.84. The fraction of sp³-hybridized carbons (Fsp3) is 0.875. The van der Waals surface area contributed by atoms with Crippen LogP contribution in [0.15, 0.2) is 0 Å². The highest BCUT2D eigenvalue weighted by molar-refractivity contribution is 5.69. The number of quaternary nitrogens is 1. The molecule has 1 atom stereocenters. The number of carbonyl (C=O) groups is 1. The molecule has 4 nitrogen and oxygen atoms in total. The minimum absolute atomic E-state index is 0.391. The molecule has 0 spiro atoms. The Kier molecular flexibility index (Phi) is 4.20. The van der Waals surface area contributed by atoms with Gasteiger partial charge in [-0.3, -0.25) is 0 Å². The number of nitrogens with zero attached hydrogens (tertiary/aromatic N) is 1. The van der Waals surface area contributed by atoms with Crippen molar-refractivity contribution in [2.75, 3.05) is 27.7 Å². The first kappa shape index (κ1) is 11.4. The fourth-order valence-electron chi connectivity index (χ4n) is 1.13. The van der Waals surface area contributed by atoms with Gasteiger partial charge in [-0.1, -0.05) is 0 Å². The van der Waals surface area contributed by atoms with Gasteiger partial charge in [0.05, 0.1) is 27.1 Å². The van der Waals surface area contributed by atoms with Gasteiger partial charge in [-0.25, -0.2) is 0 Å². The van der Waals surface area contributed by atoms with Crippen LogP contribution in [0.5, 0.6) is 0 Å². The van der Waals surface area contributed by atoms with Crippen LogP contribution in [0, 0.1) is 0 Å². The molecule has 0 saturated heterocycles. The molecular formula is C8H18N2O2. The van der Waals surface area contributed by atoms with Crippen LogP contribution in [0.3, 0.4) is 0 Å². The summed E-state index contributed by atoms with van der Waals surface area (Å²) in [6.45, 7) is 0.532. The van der Waals surface area contributed by atoms with Crippen molar-refractivity contribution in [3.05, 3.63) is 0 Å². The van der Waals surface area contributed by atoms with E-state index < -0.39 is 12.0 Å². The maximum atomic E-state index is 10.7. The number of carboxylic acids is 1. The second kappa shape index (κ2) is 4.42. The van der Waals surface area contributed by atoms with E-state index in [0.29, 0.717) is 17.4 Å². The molecule has 0 aromatic heterocycles. The molecule has 12 heavy (non-hydrogen) atoms. The van der Waals surface area contributed by atoms with Crippen molar-refractivity contribution < 1.29 is 14.4 Å². The van der Waals surface area contributed by atoms with Crippen molar-refractivity contribution >= 4 is 5.97 Å². The van der Waals surface area contributed by atoms with E-state index >= 15 is 0 Å². The predicted octanol–water partition coefficient (Wildman–Crippen LogP) is -1.45. The summed E-state index contributed by atoms with van der Waals surface area (Å²) in [7, 11) is 5.53. The molecule has 72 valence electrons. The zero-order chi connectivity index (χ0) is 9.78. The number of nitrogens with two attached hydrogens (primary N) is 1. The second-order valence-electron chi connectivity index (χ2n) is 3.88. The van der Waals surface area contributed by atoms with E-state index in [1.54, 1.807) is 0 Å². The van der Waals surface area contributed by atoms with Crippen molar-refractivity contribution in [1.82, 2.24) is 0 Å². The van der Waals surface area contributed by atoms with Crippen LogP contribution in [0.25, 0.3) is 0 Å². The SMILES string of the molecule is C[N+](C)(C)[C@H](CCCN)C(=O)[O-]. The minimum Gasteiger partial charge on any atom is -0.544 e. The zero-order valence-electron chi connectivity index (χ0n) is 8.04. The molecule has 0 aliphatic carbocycles. The maximum absolute atomic E-state index is 10.7. The molecule has 0 aromatic rings. The van der Waals surface area contributed by atoms with Crippen molar-refractivity contribution in [1.29, 1.82) is 0 Å². The Morgan fingerprint density at radius 3 is 2.25 bits per heavy atom. The lowest BCUT2D eigenvalue weighted by Gasteiger charge is -2.34. The lowest BCUT2D eigenvalue weighted by molar-refractivity contribution is -0.889. The van der Waals surface area contributed by atoms with Gasteiger partial charge in [0.15, 0.2) is 0 Å². The van der Waals surface area contributed by atoms with Gasteiger partial charge in [-0.2, -0.15) is 0 Å². The normalized spacial score (nSPS) is 14.3. The van der Waals surface area contributed by atoms with Crippen LogP contribution < -0.4 is 10.8 Å². The summed E-state index contributed by atoms with van der Waals surface area (Å²) in [6.07, 6.45) is 1.32. The molecule has 0 amide bonds. The molecule has 0 radical (unpaired) electrons. The standard InChI is InChI=1S/C8H18N2O2/c1-10(2,3)7(8(11)12)5-4-6-9/h7H,4-6,9H2,1-3H3/t7-/m1/s1. The Labute approximate surface area is 73.6 Å². The molecule has 0 unspecified atom stereocenters. The molecule has 0 rings (SSSR count). The third kappa shape index (κ3) is 3.69. The summed E-state index contributed by atoms with van der Waals surface area (Å²) >= 11 is 0. The van der Waals surface area contributed by atoms with E-state index in [-0.39, 0.29) is 0 Å². The van der Waals surface area contributed by atoms with E-state index in [2.05, 4.69) is 0 Å². The summed E-state index contributed by atoms with van der Waals surface area (Å²) in [5, 5.41) is 10.7. The van der Waals surface area contributed by atoms with Gasteiger partial charge in [0.25, 0.3) is 0 Å². The van der Waals surface area contributed by atoms with Crippen molar-refractivity contribution in [2.24, 2.45) is 5.73 Å². The first-order valence-electron chi connectivity index (χ1n) is 4.11. The van der Waals surface area contributed by atoms with Crippen molar-refractivity contribution in [3.8, 4) is 0 Å². The first-order valence-corrected chi connectivity index (χ1v) is 4.11. The molecule has 0 saturated carbocycles. The second-order valence-corrected chi connectivity index (χ2v) is 3.88. The van der Waals surface area contributed by atoms with Crippen LogP contribution in [0.1, 0.15) is 12.8 Å². The number of carbonyl (C=O) groups excluding carboxylic acids is 1. The third-order valence-electron chi connectivity index (χ3n) is 1.89. The van der Waals surface area contributed by atoms with Gasteiger partial charge in [-0.15, -0.1) is 0 Å². The Morgan fingerprint density at radius 2 is 2.00 bits per heavy atom. The molecule has 0 heterocycles. The molecule has 0 fully saturated rings. The number of hydrogen-bond acceptors (Lipinski definition) is 3. The van der Waals surface area contributed by atoms with Gasteiger partial charge < -0.3 is 20.1 Å². The van der Waals surface area contributed by atoms with Crippen molar-refractivity contribution in [3.63, 3.8) is 0 Å². The third-order valence-corrected chi connectivity index (χ3v) is 1.89. The predicted molar refractivity (Wildman–Crippen MR) is 45.1 cm³/mol. The van der Waals surface area contributed by atoms with Gasteiger partial charge in [0, 0.05) is 6.42 Å². The van der Waals surface area contributed by atoms with Crippen LogP contribution in [0.4, 0.5) is 0 Å². The Bertz CT molecular complexity index is 152. The highest BCUT2D eigenvalue weighted by Crippen LogP contribution is 2.08. The Morgan fingerprint density at radius 1 is 1.50 bits per heavy atom. The highest BCUT2D eigenvalue weighted by Gasteiger charge is 2.23. The quantitative estimate of drug-likeness (QED) is 0.519. The topological polar surface area (TPSA) is 66.2 Å². The first-order chi connectivity index (χ1) is 5.39. The van der Waals surface area contributed by atoms with Gasteiger partial charge in [-0.05, 0) is 13.0 Å². The summed E-state index contributed by atoms with van der Waals surface area (Å²) in [6, 6.07) is -0.450. The van der Waals surface area contributed by atoms with E-state index in [0.717, 1.165) is 6.42 Å². The summed E-state index contributed by atoms with van der Waals surface area (Å²) < 4.78 is 0.391. The Hall–Kier alpha value is -0.610. The molecule has 4 heteroatoms. The maximum Gasteiger partial charge on any atom is 0.129 e. The smallest absolute Gasteiger partial charge is 0.129 e. The van der Waals surface area contributed by atoms with Crippen LogP contribution in [-0.4, -0.2) is 44.2 Å². The monoisotopic (exact) mass is 174 g/mol. The van der Waals surface area contributed by atoms with Crippen LogP contribution >= 0.6 is 0 Å². The van der Waals surface area contributed by atoms with Gasteiger partial charge in [0.2, 0.25) is 0 Å². The van der Waals surface area contributed by atoms with E-state index in [1.165, 1.54) is 0 Å². The molecule has 0 aliphatic rings. The molecule has 0 aromatic carbocycles. The number of aliphatic carboxylic acids is 1. The summed E-state index contributed by atoms with van der Waals surface area (Å²) in [4.78, 5) is 10.7. The molecule has 0 aliphatic heterocycles. The molecule has 2 N–H and O–H groups in total. The van der Waals surface area contributed by atoms with E-state index in [1.807, 2.05) is 21.1 Å². The lowest BCUT2D eigenvalue weighted by Crippen LogP contribution is -2.54. The van der Waals surface area contributed by atoms with Gasteiger partial charge >= 0.3 is 0 Å². The molecular weight excluding hydrogens is 156 g/mol. The Balaban J connectivity index is 4.15. The number of rotatable bonds is 5. The van der Waals surface area contributed by atoms with Crippen LogP contribution in [0.2, 0.25) is 0 Å². The largest absolute Gasteiger partial charge is 0.544 e. The average molecular weight is 174 g/mol. The van der Waals surface area contributed by atoms with E-state index in [4.69, 9.17) is 5.73 Å². The molecule has 0 bridgehead atoms. The minimum atomic E-state index is -0.990. The van der Waals surface area contributed by atoms with E-state index in [9.17, 15) is 9.90 Å². The zero-order valence-corrected chi connectivity index (χ0v) is 8.04. The van der Waals surface area contributed by atoms with Crippen LogP contribution in [-0.2, 0) is 4.79 Å². The van der Waals surface area contributed by atoms with Gasteiger partial charge in [0.1, 0.15) is 6.04 Å². The highest BCUT2D eigenvalue weighted by atomic mass is 16.4. The fourth-order valence-corrected chi connectivity index (χ4v) is 1.13. The summed E-state index contributed by atoms with van der Waals surface area (Å²) in [5.74, 6) is -0.990. The van der Waals surface area contributed by atoms with Crippen molar-refractivity contribution in [2.45, 2.75) is 18.9 Å². The number of carboxylic acid groups (broad SMARTS) is 1. The summed E-state index contributed by atoms with van der Waals surface area (Å²) in [5.41, 5.74) is 5.30. The number of hydrogen-bond donors (Lipinski definition) is 1. The number of likely N-dealkylation sites (N-methyl/N-ethyl adjacent to an activating group) is 1. The lowest BCUT2D eigenvalue weighted by atomic mass is 10.1.